The summed E-state index contributed by atoms with van der Waals surface area (Å²) in [5.74, 6) is 1.08. The first kappa shape index (κ1) is 23.3. The minimum atomic E-state index is -4.42. The van der Waals surface area contributed by atoms with Crippen LogP contribution in [0.15, 0.2) is 53.4 Å². The van der Waals surface area contributed by atoms with Gasteiger partial charge in [0.15, 0.2) is 0 Å². The topological polar surface area (TPSA) is 74.4 Å². The number of oxazole rings is 1. The maximum absolute atomic E-state index is 12.8. The number of piperidine rings is 1. The number of aromatic nitrogens is 2. The monoisotopic (exact) mass is 460 g/mol. The zero-order valence-corrected chi connectivity index (χ0v) is 18.5. The molecule has 1 aromatic carbocycles. The zero-order chi connectivity index (χ0) is 23.6. The molecule has 33 heavy (non-hydrogen) atoms. The molecule has 1 aliphatic heterocycles. The maximum atomic E-state index is 12.8. The lowest BCUT2D eigenvalue weighted by Crippen LogP contribution is -2.49. The largest absolute Gasteiger partial charge is 0.445 e. The van der Waals surface area contributed by atoms with Crippen molar-refractivity contribution < 1.29 is 22.7 Å². The Hall–Kier alpha value is -2.91. The van der Waals surface area contributed by atoms with E-state index in [0.717, 1.165) is 36.2 Å². The van der Waals surface area contributed by atoms with Crippen molar-refractivity contribution in [2.75, 3.05) is 18.4 Å². The third-order valence-electron chi connectivity index (χ3n) is 6.20. The molecule has 6 nitrogen and oxygen atoms in total. The highest BCUT2D eigenvalue weighted by Gasteiger charge is 2.35. The molecule has 0 saturated carbocycles. The highest BCUT2D eigenvalue weighted by molar-refractivity contribution is 5.60. The summed E-state index contributed by atoms with van der Waals surface area (Å²) < 4.78 is 43.9. The molecule has 0 amide bonds. The smallest absolute Gasteiger partial charge is 0.417 e. The quantitative estimate of drug-likeness (QED) is 0.522. The molecule has 0 aliphatic carbocycles. The molecule has 0 spiro atoms. The number of likely N-dealkylation sites (tertiary alicyclic amines) is 1. The fourth-order valence-electron chi connectivity index (χ4n) is 4.40. The van der Waals surface area contributed by atoms with E-state index in [-0.39, 0.29) is 12.0 Å². The first-order chi connectivity index (χ1) is 15.7. The van der Waals surface area contributed by atoms with Crippen molar-refractivity contribution in [2.45, 2.75) is 45.1 Å². The van der Waals surface area contributed by atoms with Crippen LogP contribution in [-0.4, -0.2) is 39.1 Å². The van der Waals surface area contributed by atoms with Gasteiger partial charge in [-0.1, -0.05) is 24.6 Å². The van der Waals surface area contributed by atoms with Crippen molar-refractivity contribution in [1.82, 2.24) is 14.9 Å². The van der Waals surface area contributed by atoms with Crippen LogP contribution in [-0.2, 0) is 6.18 Å². The molecule has 3 aromatic rings. The number of aliphatic hydroxyl groups excluding tert-OH is 1. The van der Waals surface area contributed by atoms with Crippen LogP contribution in [0.1, 0.15) is 42.7 Å². The standard InChI is InChI=1S/C24H27F3N4O2/c1-15-5-7-18(22-28-9-11-33-22)19(12-15)23(32)31-10-3-4-16(2)20(31)14-30-21-8-6-17(13-29-21)24(25,26)27/h5-9,11-13,16,20,23,32H,3-4,10,14H2,1-2H3,(H,29,30)/t16-,20?,23?/m1/s1. The summed E-state index contributed by atoms with van der Waals surface area (Å²) in [6.07, 6.45) is 0.523. The summed E-state index contributed by atoms with van der Waals surface area (Å²) in [5.41, 5.74) is 1.67. The summed E-state index contributed by atoms with van der Waals surface area (Å²) in [7, 11) is 0. The van der Waals surface area contributed by atoms with Crippen LogP contribution in [0.4, 0.5) is 19.0 Å². The van der Waals surface area contributed by atoms with E-state index < -0.39 is 18.0 Å². The predicted octanol–water partition coefficient (Wildman–Crippen LogP) is 5.27. The number of halogens is 3. The second-order valence-electron chi connectivity index (χ2n) is 8.54. The number of aryl methyl sites for hydroxylation is 1. The van der Waals surface area contributed by atoms with E-state index in [9.17, 15) is 18.3 Å². The van der Waals surface area contributed by atoms with Crippen LogP contribution >= 0.6 is 0 Å². The van der Waals surface area contributed by atoms with Gasteiger partial charge in [-0.25, -0.2) is 9.97 Å². The minimum absolute atomic E-state index is 0.0456. The van der Waals surface area contributed by atoms with E-state index in [2.05, 4.69) is 22.2 Å². The third-order valence-corrected chi connectivity index (χ3v) is 6.20. The van der Waals surface area contributed by atoms with E-state index in [1.165, 1.54) is 12.3 Å². The molecule has 0 radical (unpaired) electrons. The number of alkyl halides is 3. The molecule has 0 bridgehead atoms. The Morgan fingerprint density at radius 2 is 2.06 bits per heavy atom. The normalized spacial score (nSPS) is 20.5. The van der Waals surface area contributed by atoms with Gasteiger partial charge >= 0.3 is 6.18 Å². The molecular formula is C24H27F3N4O2. The molecule has 3 heterocycles. The first-order valence-electron chi connectivity index (χ1n) is 11.0. The van der Waals surface area contributed by atoms with E-state index in [1.807, 2.05) is 30.0 Å². The average Bonchev–Trinajstić information content (AvgIpc) is 3.32. The molecule has 1 aliphatic rings. The van der Waals surface area contributed by atoms with Gasteiger partial charge in [0, 0.05) is 36.5 Å². The van der Waals surface area contributed by atoms with Crippen LogP contribution in [0.25, 0.3) is 11.5 Å². The maximum Gasteiger partial charge on any atom is 0.417 e. The first-order valence-corrected chi connectivity index (χ1v) is 11.0. The summed E-state index contributed by atoms with van der Waals surface area (Å²) in [4.78, 5) is 10.2. The Morgan fingerprint density at radius 1 is 1.24 bits per heavy atom. The second-order valence-corrected chi connectivity index (χ2v) is 8.54. The van der Waals surface area contributed by atoms with Crippen LogP contribution in [0.2, 0.25) is 0 Å². The lowest BCUT2D eigenvalue weighted by Gasteiger charge is -2.43. The zero-order valence-electron chi connectivity index (χ0n) is 18.5. The lowest BCUT2D eigenvalue weighted by molar-refractivity contribution is -0.137. The Balaban J connectivity index is 1.55. The number of nitrogens with zero attached hydrogens (tertiary/aromatic N) is 3. The minimum Gasteiger partial charge on any atom is -0.445 e. The number of anilines is 1. The van der Waals surface area contributed by atoms with Gasteiger partial charge in [-0.2, -0.15) is 13.2 Å². The Kier molecular flexibility index (Phi) is 6.71. The number of benzene rings is 1. The van der Waals surface area contributed by atoms with Crippen molar-refractivity contribution in [3.05, 3.63) is 65.7 Å². The molecule has 3 atom stereocenters. The molecule has 1 saturated heterocycles. The summed E-state index contributed by atoms with van der Waals surface area (Å²) in [6.45, 7) is 5.22. The number of rotatable bonds is 6. The predicted molar refractivity (Wildman–Crippen MR) is 118 cm³/mol. The lowest BCUT2D eigenvalue weighted by atomic mass is 9.89. The molecule has 2 N–H and O–H groups in total. The average molecular weight is 461 g/mol. The van der Waals surface area contributed by atoms with Gasteiger partial charge in [0.05, 0.1) is 11.8 Å². The van der Waals surface area contributed by atoms with E-state index in [4.69, 9.17) is 4.42 Å². The van der Waals surface area contributed by atoms with Gasteiger partial charge in [0.1, 0.15) is 18.3 Å². The molecule has 176 valence electrons. The second kappa shape index (κ2) is 9.52. The summed E-state index contributed by atoms with van der Waals surface area (Å²) in [5, 5.41) is 14.6. The molecule has 1 fully saturated rings. The van der Waals surface area contributed by atoms with Crippen molar-refractivity contribution in [2.24, 2.45) is 5.92 Å². The highest BCUT2D eigenvalue weighted by Crippen LogP contribution is 2.35. The van der Waals surface area contributed by atoms with E-state index in [0.29, 0.717) is 30.4 Å². The molecule has 4 rings (SSSR count). The Labute approximate surface area is 190 Å². The Bertz CT molecular complexity index is 1050. The number of aliphatic hydroxyl groups is 1. The summed E-state index contributed by atoms with van der Waals surface area (Å²) >= 11 is 0. The highest BCUT2D eigenvalue weighted by atomic mass is 19.4. The Morgan fingerprint density at radius 3 is 2.73 bits per heavy atom. The van der Waals surface area contributed by atoms with Crippen LogP contribution in [0, 0.1) is 12.8 Å². The molecular weight excluding hydrogens is 433 g/mol. The van der Waals surface area contributed by atoms with Crippen molar-refractivity contribution in [1.29, 1.82) is 0 Å². The SMILES string of the molecule is Cc1ccc(-c2ncco2)c(C(O)N2CCC[C@@H](C)C2CNc2ccc(C(F)(F)F)cn2)c1. The van der Waals surface area contributed by atoms with E-state index >= 15 is 0 Å². The third kappa shape index (κ3) is 5.20. The fraction of sp³-hybridized carbons (Fsp3) is 0.417. The molecule has 9 heteroatoms. The fourth-order valence-corrected chi connectivity index (χ4v) is 4.40. The van der Waals surface area contributed by atoms with Gasteiger partial charge in [-0.3, -0.25) is 4.90 Å². The van der Waals surface area contributed by atoms with Gasteiger partial charge in [-0.15, -0.1) is 0 Å². The van der Waals surface area contributed by atoms with Crippen LogP contribution < -0.4 is 5.32 Å². The number of pyridine rings is 1. The molecule has 2 aromatic heterocycles. The van der Waals surface area contributed by atoms with Gasteiger partial charge in [-0.05, 0) is 43.9 Å². The van der Waals surface area contributed by atoms with Gasteiger partial charge in [0.2, 0.25) is 5.89 Å². The van der Waals surface area contributed by atoms with Gasteiger partial charge in [0.25, 0.3) is 0 Å². The van der Waals surface area contributed by atoms with Crippen LogP contribution in [0.5, 0.6) is 0 Å². The van der Waals surface area contributed by atoms with Gasteiger partial charge < -0.3 is 14.8 Å². The number of hydrogen-bond donors (Lipinski definition) is 2. The summed E-state index contributed by atoms with van der Waals surface area (Å²) in [6, 6.07) is 8.08. The van der Waals surface area contributed by atoms with Crippen LogP contribution in [0.3, 0.4) is 0 Å². The molecule has 2 unspecified atom stereocenters. The van der Waals surface area contributed by atoms with Crippen molar-refractivity contribution in [3.63, 3.8) is 0 Å². The van der Waals surface area contributed by atoms with E-state index in [1.54, 1.807) is 6.20 Å². The van der Waals surface area contributed by atoms with Crippen molar-refractivity contribution >= 4 is 5.82 Å². The number of hydrogen-bond acceptors (Lipinski definition) is 6. The number of nitrogens with one attached hydrogen (secondary N) is 1. The van der Waals surface area contributed by atoms with Crippen molar-refractivity contribution in [3.8, 4) is 11.5 Å².